The second-order valence-electron chi connectivity index (χ2n) is 8.11. The summed E-state index contributed by atoms with van der Waals surface area (Å²) in [5, 5.41) is 7.39. The standard InChI is InChI=1S/C22H30N4O/c1-18-8-7-13-25(15-18)22(2,3)17-23-21(27)12-11-19-14-24-26(16-19)20-9-5-4-6-10-20/h4-6,9-12,14,16,18H,7-8,13,15,17H2,1-3H3,(H,23,27). The van der Waals surface area contributed by atoms with Crippen LogP contribution in [-0.4, -0.2) is 45.8 Å². The summed E-state index contributed by atoms with van der Waals surface area (Å²) in [6.07, 6.45) is 9.61. The van der Waals surface area contributed by atoms with Crippen molar-refractivity contribution < 1.29 is 4.79 Å². The minimum Gasteiger partial charge on any atom is -0.351 e. The molecule has 1 saturated heterocycles. The Balaban J connectivity index is 1.52. The van der Waals surface area contributed by atoms with E-state index < -0.39 is 0 Å². The zero-order chi connectivity index (χ0) is 19.3. The maximum absolute atomic E-state index is 12.2. The normalized spacial score (nSPS) is 18.7. The third-order valence-corrected chi connectivity index (χ3v) is 5.26. The number of hydrogen-bond acceptors (Lipinski definition) is 3. The zero-order valence-electron chi connectivity index (χ0n) is 16.6. The maximum atomic E-state index is 12.2. The van der Waals surface area contributed by atoms with Gasteiger partial charge in [-0.15, -0.1) is 0 Å². The second kappa shape index (κ2) is 8.53. The quantitative estimate of drug-likeness (QED) is 0.796. The molecule has 5 heteroatoms. The van der Waals surface area contributed by atoms with Crippen molar-refractivity contribution in [3.8, 4) is 5.69 Å². The van der Waals surface area contributed by atoms with Gasteiger partial charge in [0, 0.05) is 36.5 Å². The van der Waals surface area contributed by atoms with E-state index in [0.717, 1.165) is 30.3 Å². The van der Waals surface area contributed by atoms with E-state index in [4.69, 9.17) is 0 Å². The van der Waals surface area contributed by atoms with Gasteiger partial charge >= 0.3 is 0 Å². The average Bonchev–Trinajstić information content (AvgIpc) is 3.15. The van der Waals surface area contributed by atoms with Crippen LogP contribution in [0.3, 0.4) is 0 Å². The van der Waals surface area contributed by atoms with Gasteiger partial charge < -0.3 is 5.32 Å². The van der Waals surface area contributed by atoms with Crippen LogP contribution in [-0.2, 0) is 4.79 Å². The van der Waals surface area contributed by atoms with Gasteiger partial charge in [0.1, 0.15) is 0 Å². The molecule has 0 spiro atoms. The van der Waals surface area contributed by atoms with Crippen molar-refractivity contribution in [1.29, 1.82) is 0 Å². The monoisotopic (exact) mass is 366 g/mol. The first kappa shape index (κ1) is 19.4. The molecule has 2 heterocycles. The number of para-hydroxylation sites is 1. The molecule has 1 fully saturated rings. The maximum Gasteiger partial charge on any atom is 0.244 e. The van der Waals surface area contributed by atoms with E-state index in [0.29, 0.717) is 6.54 Å². The average molecular weight is 367 g/mol. The lowest BCUT2D eigenvalue weighted by atomic mass is 9.93. The van der Waals surface area contributed by atoms with Crippen molar-refractivity contribution in [2.24, 2.45) is 5.92 Å². The van der Waals surface area contributed by atoms with Gasteiger partial charge in [-0.1, -0.05) is 25.1 Å². The zero-order valence-corrected chi connectivity index (χ0v) is 16.6. The summed E-state index contributed by atoms with van der Waals surface area (Å²) >= 11 is 0. The van der Waals surface area contributed by atoms with Gasteiger partial charge in [0.2, 0.25) is 5.91 Å². The van der Waals surface area contributed by atoms with E-state index in [-0.39, 0.29) is 11.4 Å². The van der Waals surface area contributed by atoms with Gasteiger partial charge in [-0.3, -0.25) is 9.69 Å². The third-order valence-electron chi connectivity index (χ3n) is 5.26. The Morgan fingerprint density at radius 1 is 1.33 bits per heavy atom. The molecule has 1 aliphatic heterocycles. The number of amides is 1. The van der Waals surface area contributed by atoms with Crippen LogP contribution < -0.4 is 5.32 Å². The highest BCUT2D eigenvalue weighted by Crippen LogP contribution is 2.23. The summed E-state index contributed by atoms with van der Waals surface area (Å²) in [7, 11) is 0. The van der Waals surface area contributed by atoms with E-state index >= 15 is 0 Å². The van der Waals surface area contributed by atoms with Crippen molar-refractivity contribution in [2.45, 2.75) is 39.2 Å². The van der Waals surface area contributed by atoms with E-state index in [1.165, 1.54) is 12.8 Å². The van der Waals surface area contributed by atoms with Gasteiger partial charge in [-0.05, 0) is 57.4 Å². The highest BCUT2D eigenvalue weighted by atomic mass is 16.1. The molecule has 1 amide bonds. The summed E-state index contributed by atoms with van der Waals surface area (Å²) in [4.78, 5) is 14.7. The van der Waals surface area contributed by atoms with Crippen LogP contribution in [0.1, 0.15) is 39.2 Å². The topological polar surface area (TPSA) is 50.2 Å². The van der Waals surface area contributed by atoms with Gasteiger partial charge in [0.05, 0.1) is 11.9 Å². The summed E-state index contributed by atoms with van der Waals surface area (Å²) in [5.74, 6) is 0.662. The van der Waals surface area contributed by atoms with Gasteiger partial charge in [-0.25, -0.2) is 4.68 Å². The van der Waals surface area contributed by atoms with Crippen molar-refractivity contribution in [3.63, 3.8) is 0 Å². The number of carbonyl (C=O) groups is 1. The van der Waals surface area contributed by atoms with Crippen LogP contribution in [0.15, 0.2) is 48.8 Å². The number of hydrogen-bond donors (Lipinski definition) is 1. The molecule has 144 valence electrons. The van der Waals surface area contributed by atoms with E-state index in [1.807, 2.05) is 36.5 Å². The molecule has 0 bridgehead atoms. The minimum atomic E-state index is -0.0689. The summed E-state index contributed by atoms with van der Waals surface area (Å²) in [6, 6.07) is 9.92. The van der Waals surface area contributed by atoms with Crippen molar-refractivity contribution in [1.82, 2.24) is 20.0 Å². The molecule has 0 radical (unpaired) electrons. The molecule has 1 unspecified atom stereocenters. The van der Waals surface area contributed by atoms with Crippen molar-refractivity contribution in [2.75, 3.05) is 19.6 Å². The molecule has 2 aromatic rings. The Morgan fingerprint density at radius 3 is 2.85 bits per heavy atom. The van der Waals surface area contributed by atoms with Crippen LogP contribution in [0.25, 0.3) is 11.8 Å². The predicted octanol–water partition coefficient (Wildman–Crippen LogP) is 3.51. The van der Waals surface area contributed by atoms with E-state index in [9.17, 15) is 4.79 Å². The molecule has 1 aromatic carbocycles. The lowest BCUT2D eigenvalue weighted by Gasteiger charge is -2.43. The molecule has 27 heavy (non-hydrogen) atoms. The third kappa shape index (κ3) is 5.30. The molecule has 1 aliphatic rings. The fourth-order valence-corrected chi connectivity index (χ4v) is 3.53. The molecule has 5 nitrogen and oxygen atoms in total. The molecule has 0 saturated carbocycles. The number of nitrogens with zero attached hydrogens (tertiary/aromatic N) is 3. The molecule has 1 N–H and O–H groups in total. The van der Waals surface area contributed by atoms with E-state index in [1.54, 1.807) is 23.0 Å². The lowest BCUT2D eigenvalue weighted by molar-refractivity contribution is -0.117. The fraction of sp³-hybridized carbons (Fsp3) is 0.455. The Bertz CT molecular complexity index is 779. The Kier molecular flexibility index (Phi) is 6.11. The Hall–Kier alpha value is -2.40. The number of benzene rings is 1. The number of carbonyl (C=O) groups excluding carboxylic acids is 1. The Morgan fingerprint density at radius 2 is 2.11 bits per heavy atom. The Labute approximate surface area is 162 Å². The minimum absolute atomic E-state index is 0.0314. The van der Waals surface area contributed by atoms with Crippen LogP contribution in [0.5, 0.6) is 0 Å². The molecule has 1 aromatic heterocycles. The molecule has 1 atom stereocenters. The van der Waals surface area contributed by atoms with Crippen LogP contribution >= 0.6 is 0 Å². The van der Waals surface area contributed by atoms with Crippen LogP contribution in [0.2, 0.25) is 0 Å². The first-order valence-corrected chi connectivity index (χ1v) is 9.75. The predicted molar refractivity (Wildman–Crippen MR) is 110 cm³/mol. The number of piperidine rings is 1. The highest BCUT2D eigenvalue weighted by Gasteiger charge is 2.30. The number of likely N-dealkylation sites (tertiary alicyclic amines) is 1. The first-order valence-electron chi connectivity index (χ1n) is 9.75. The number of aromatic nitrogens is 2. The molecule has 0 aliphatic carbocycles. The van der Waals surface area contributed by atoms with Gasteiger partial charge in [0.25, 0.3) is 0 Å². The number of rotatable bonds is 6. The summed E-state index contributed by atoms with van der Waals surface area (Å²) in [6.45, 7) is 9.59. The largest absolute Gasteiger partial charge is 0.351 e. The highest BCUT2D eigenvalue weighted by molar-refractivity contribution is 5.91. The number of nitrogens with one attached hydrogen (secondary N) is 1. The van der Waals surface area contributed by atoms with Gasteiger partial charge in [0.15, 0.2) is 0 Å². The molecular formula is C22H30N4O. The lowest BCUT2D eigenvalue weighted by Crippen LogP contribution is -2.54. The van der Waals surface area contributed by atoms with Crippen LogP contribution in [0.4, 0.5) is 0 Å². The summed E-state index contributed by atoms with van der Waals surface area (Å²) < 4.78 is 1.80. The fourth-order valence-electron chi connectivity index (χ4n) is 3.53. The van der Waals surface area contributed by atoms with Crippen molar-refractivity contribution >= 4 is 12.0 Å². The molecule has 3 rings (SSSR count). The second-order valence-corrected chi connectivity index (χ2v) is 8.11. The van der Waals surface area contributed by atoms with E-state index in [2.05, 4.69) is 36.1 Å². The van der Waals surface area contributed by atoms with Crippen LogP contribution in [0, 0.1) is 5.92 Å². The van der Waals surface area contributed by atoms with Crippen molar-refractivity contribution in [3.05, 3.63) is 54.4 Å². The van der Waals surface area contributed by atoms with Gasteiger partial charge in [-0.2, -0.15) is 5.10 Å². The molecular weight excluding hydrogens is 336 g/mol. The first-order chi connectivity index (χ1) is 12.9. The summed E-state index contributed by atoms with van der Waals surface area (Å²) in [5.41, 5.74) is 1.87. The SMILES string of the molecule is CC1CCCN(C(C)(C)CNC(=O)C=Cc2cnn(-c3ccccc3)c2)C1. The smallest absolute Gasteiger partial charge is 0.244 e.